The predicted octanol–water partition coefficient (Wildman–Crippen LogP) is 5.34. The number of ether oxygens (including phenoxy) is 4. The van der Waals surface area contributed by atoms with Gasteiger partial charge in [-0.3, -0.25) is 0 Å². The number of rotatable bonds is 12. The van der Waals surface area contributed by atoms with Crippen molar-refractivity contribution in [1.29, 1.82) is 0 Å². The van der Waals surface area contributed by atoms with Gasteiger partial charge in [-0.05, 0) is 55.0 Å². The molecule has 0 aliphatic heterocycles. The molecule has 0 aromatic heterocycles. The lowest BCUT2D eigenvalue weighted by Crippen LogP contribution is -2.45. The number of hydrogen-bond acceptors (Lipinski definition) is 7. The van der Waals surface area contributed by atoms with Crippen LogP contribution >= 0.6 is 0 Å². The zero-order chi connectivity index (χ0) is 26.1. The smallest absolute Gasteiger partial charge is 0.142 e. The summed E-state index contributed by atoms with van der Waals surface area (Å²) in [7, 11) is 0. The highest BCUT2D eigenvalue weighted by Gasteiger charge is 2.36. The van der Waals surface area contributed by atoms with Crippen molar-refractivity contribution in [1.82, 2.24) is 0 Å². The molecule has 7 heteroatoms. The maximum atomic E-state index is 6.32. The summed E-state index contributed by atoms with van der Waals surface area (Å²) in [6, 6.07) is 29.9. The van der Waals surface area contributed by atoms with Crippen LogP contribution < -0.4 is 36.1 Å². The number of para-hydroxylation sites is 7. The normalized spacial score (nSPS) is 11.1. The summed E-state index contributed by atoms with van der Waals surface area (Å²) in [5, 5.41) is 0. The number of aryl methyl sites for hydroxylation is 1. The second-order valence-corrected chi connectivity index (χ2v) is 9.03. The maximum Gasteiger partial charge on any atom is 0.142 e. The molecule has 4 rings (SSSR count). The number of nitrogen functional groups attached to an aromatic ring is 3. The van der Waals surface area contributed by atoms with E-state index < -0.39 is 5.41 Å². The Balaban J connectivity index is 1.64. The van der Waals surface area contributed by atoms with Crippen molar-refractivity contribution in [2.24, 2.45) is 5.41 Å². The topological polar surface area (TPSA) is 115 Å². The van der Waals surface area contributed by atoms with E-state index in [1.54, 1.807) is 18.2 Å². The fraction of sp³-hybridized carbons (Fsp3) is 0.200. The van der Waals surface area contributed by atoms with Crippen LogP contribution in [0, 0.1) is 12.3 Å². The summed E-state index contributed by atoms with van der Waals surface area (Å²) in [4.78, 5) is 0. The van der Waals surface area contributed by atoms with Gasteiger partial charge in [0.05, 0.1) is 17.1 Å². The van der Waals surface area contributed by atoms with Gasteiger partial charge in [0.25, 0.3) is 0 Å². The quantitative estimate of drug-likeness (QED) is 0.225. The van der Waals surface area contributed by atoms with Gasteiger partial charge in [0.1, 0.15) is 54.8 Å². The average molecular weight is 500 g/mol. The predicted molar refractivity (Wildman–Crippen MR) is 148 cm³/mol. The van der Waals surface area contributed by atoms with Crippen LogP contribution in [0.5, 0.6) is 23.0 Å². The highest BCUT2D eigenvalue weighted by Crippen LogP contribution is 2.31. The molecule has 37 heavy (non-hydrogen) atoms. The van der Waals surface area contributed by atoms with E-state index in [1.807, 2.05) is 85.8 Å². The van der Waals surface area contributed by atoms with Crippen LogP contribution in [-0.4, -0.2) is 26.4 Å². The Morgan fingerprint density at radius 3 is 1.11 bits per heavy atom. The van der Waals surface area contributed by atoms with E-state index in [0.717, 1.165) is 11.3 Å². The van der Waals surface area contributed by atoms with Gasteiger partial charge in [0.15, 0.2) is 0 Å². The molecule has 192 valence electrons. The highest BCUT2D eigenvalue weighted by molar-refractivity contribution is 5.53. The third-order valence-corrected chi connectivity index (χ3v) is 5.99. The summed E-state index contributed by atoms with van der Waals surface area (Å²) in [6.45, 7) is 2.84. The fourth-order valence-electron chi connectivity index (χ4n) is 3.73. The van der Waals surface area contributed by atoms with E-state index in [0.29, 0.717) is 34.3 Å². The molecule has 0 bridgehead atoms. The Morgan fingerprint density at radius 2 is 0.757 bits per heavy atom. The second-order valence-electron chi connectivity index (χ2n) is 9.03. The van der Waals surface area contributed by atoms with Gasteiger partial charge in [-0.15, -0.1) is 0 Å². The summed E-state index contributed by atoms with van der Waals surface area (Å²) in [6.07, 6.45) is 0. The van der Waals surface area contributed by atoms with Crippen molar-refractivity contribution >= 4 is 17.1 Å². The van der Waals surface area contributed by atoms with Gasteiger partial charge in [0, 0.05) is 0 Å². The first kappa shape index (κ1) is 25.6. The molecule has 6 N–H and O–H groups in total. The molecule has 0 spiro atoms. The summed E-state index contributed by atoms with van der Waals surface area (Å²) in [5.74, 6) is 2.48. The average Bonchev–Trinajstić information content (AvgIpc) is 2.91. The van der Waals surface area contributed by atoms with E-state index in [9.17, 15) is 0 Å². The fourth-order valence-corrected chi connectivity index (χ4v) is 3.73. The first-order valence-electron chi connectivity index (χ1n) is 12.1. The van der Waals surface area contributed by atoms with Crippen molar-refractivity contribution in [3.05, 3.63) is 103 Å². The molecule has 0 atom stereocenters. The number of benzene rings is 4. The van der Waals surface area contributed by atoms with Crippen LogP contribution in [0.4, 0.5) is 17.1 Å². The molecule has 0 heterocycles. The zero-order valence-electron chi connectivity index (χ0n) is 20.9. The molecule has 4 aromatic carbocycles. The first-order valence-corrected chi connectivity index (χ1v) is 12.1. The van der Waals surface area contributed by atoms with Crippen LogP contribution in [0.15, 0.2) is 97.1 Å². The molecule has 4 aromatic rings. The molecule has 0 fully saturated rings. The zero-order valence-corrected chi connectivity index (χ0v) is 20.9. The minimum atomic E-state index is -0.769. The lowest BCUT2D eigenvalue weighted by atomic mass is 9.91. The molecule has 0 amide bonds. The SMILES string of the molecule is Cc1ccccc1OCC(COc1ccccc1N)(COc1ccccc1N)COc1ccccc1N. The third-order valence-electron chi connectivity index (χ3n) is 5.99. The minimum Gasteiger partial charge on any atom is -0.492 e. The molecule has 0 unspecified atom stereocenters. The Hall–Kier alpha value is -4.52. The third kappa shape index (κ3) is 6.79. The monoisotopic (exact) mass is 499 g/mol. The van der Waals surface area contributed by atoms with E-state index in [-0.39, 0.29) is 26.4 Å². The second kappa shape index (κ2) is 11.9. The van der Waals surface area contributed by atoms with E-state index >= 15 is 0 Å². The van der Waals surface area contributed by atoms with Crippen molar-refractivity contribution in [3.63, 3.8) is 0 Å². The lowest BCUT2D eigenvalue weighted by molar-refractivity contribution is -0.00312. The van der Waals surface area contributed by atoms with E-state index in [4.69, 9.17) is 36.1 Å². The molecule has 0 aliphatic carbocycles. The van der Waals surface area contributed by atoms with Crippen LogP contribution in [0.1, 0.15) is 5.56 Å². The Kier molecular flexibility index (Phi) is 8.26. The summed E-state index contributed by atoms with van der Waals surface area (Å²) >= 11 is 0. The van der Waals surface area contributed by atoms with Gasteiger partial charge in [-0.2, -0.15) is 0 Å². The number of hydrogen-bond donors (Lipinski definition) is 3. The Bertz CT molecular complexity index is 1110. The van der Waals surface area contributed by atoms with Crippen LogP contribution in [0.25, 0.3) is 0 Å². The molecular weight excluding hydrogens is 466 g/mol. The number of nitrogens with two attached hydrogens (primary N) is 3. The molecule has 7 nitrogen and oxygen atoms in total. The lowest BCUT2D eigenvalue weighted by Gasteiger charge is -2.33. The van der Waals surface area contributed by atoms with E-state index in [2.05, 4.69) is 0 Å². The van der Waals surface area contributed by atoms with Gasteiger partial charge in [0.2, 0.25) is 0 Å². The van der Waals surface area contributed by atoms with E-state index in [1.165, 1.54) is 0 Å². The molecule has 0 aliphatic rings. The largest absolute Gasteiger partial charge is 0.492 e. The Labute approximate surface area is 217 Å². The van der Waals surface area contributed by atoms with Crippen molar-refractivity contribution in [2.75, 3.05) is 43.6 Å². The van der Waals surface area contributed by atoms with Gasteiger partial charge >= 0.3 is 0 Å². The molecule has 0 radical (unpaired) electrons. The molecule has 0 saturated heterocycles. The van der Waals surface area contributed by atoms with Crippen LogP contribution in [0.3, 0.4) is 0 Å². The van der Waals surface area contributed by atoms with Gasteiger partial charge < -0.3 is 36.1 Å². The summed E-state index contributed by atoms with van der Waals surface area (Å²) < 4.78 is 25.0. The minimum absolute atomic E-state index is 0.201. The van der Waals surface area contributed by atoms with Crippen LogP contribution in [0.2, 0.25) is 0 Å². The molecular formula is C30H33N3O4. The molecule has 0 saturated carbocycles. The van der Waals surface area contributed by atoms with Crippen molar-refractivity contribution in [3.8, 4) is 23.0 Å². The maximum absolute atomic E-state index is 6.32. The van der Waals surface area contributed by atoms with Crippen molar-refractivity contribution < 1.29 is 18.9 Å². The van der Waals surface area contributed by atoms with Crippen LogP contribution in [-0.2, 0) is 0 Å². The number of anilines is 3. The van der Waals surface area contributed by atoms with Crippen molar-refractivity contribution in [2.45, 2.75) is 6.92 Å². The van der Waals surface area contributed by atoms with Gasteiger partial charge in [-0.1, -0.05) is 54.6 Å². The standard InChI is InChI=1S/C30H33N3O4/c1-22-10-2-6-14-26(22)34-18-30(19-35-27-15-7-3-11-23(27)31,20-36-28-16-8-4-12-24(28)32)21-37-29-17-9-5-13-25(29)33/h2-17H,18-21,31-33H2,1H3. The summed E-state index contributed by atoms with van der Waals surface area (Å²) in [5.41, 5.74) is 20.3. The first-order chi connectivity index (χ1) is 18.0. The Morgan fingerprint density at radius 1 is 0.459 bits per heavy atom. The highest BCUT2D eigenvalue weighted by atomic mass is 16.5. The van der Waals surface area contributed by atoms with Gasteiger partial charge in [-0.25, -0.2) is 0 Å².